The highest BCUT2D eigenvalue weighted by Crippen LogP contribution is 2.30. The molecule has 0 radical (unpaired) electrons. The topological polar surface area (TPSA) is 40.2 Å². The van der Waals surface area contributed by atoms with E-state index in [0.717, 1.165) is 36.9 Å². The van der Waals surface area contributed by atoms with Gasteiger partial charge in [-0.3, -0.25) is 4.90 Å². The maximum absolute atomic E-state index is 4.65. The third kappa shape index (κ3) is 4.22. The van der Waals surface area contributed by atoms with Gasteiger partial charge in [-0.2, -0.15) is 0 Å². The summed E-state index contributed by atoms with van der Waals surface area (Å²) in [6, 6.07) is 10.2. The standard InChI is InChI=1S/C19H28N4S/c1-13-10-23(11-14(2)21-13)12-16-5-7-17(8-6-16)19-18(9-20-4)22-15(3)24-19/h5-8,13-14,20-21H,9-12H2,1-4H3/t13-,14+. The number of hydrogen-bond acceptors (Lipinski definition) is 5. The van der Waals surface area contributed by atoms with E-state index < -0.39 is 0 Å². The Morgan fingerprint density at radius 2 is 1.88 bits per heavy atom. The normalized spacial score (nSPS) is 22.0. The summed E-state index contributed by atoms with van der Waals surface area (Å²) in [4.78, 5) is 8.49. The molecule has 0 unspecified atom stereocenters. The minimum absolute atomic E-state index is 0.567. The van der Waals surface area contributed by atoms with E-state index in [1.54, 1.807) is 11.3 Å². The summed E-state index contributed by atoms with van der Waals surface area (Å²) >= 11 is 1.78. The van der Waals surface area contributed by atoms with Crippen molar-refractivity contribution in [2.24, 2.45) is 0 Å². The highest BCUT2D eigenvalue weighted by Gasteiger charge is 2.20. The van der Waals surface area contributed by atoms with Gasteiger partial charge in [0.05, 0.1) is 15.6 Å². The highest BCUT2D eigenvalue weighted by atomic mass is 32.1. The molecule has 3 rings (SSSR count). The van der Waals surface area contributed by atoms with E-state index in [-0.39, 0.29) is 0 Å². The quantitative estimate of drug-likeness (QED) is 0.875. The van der Waals surface area contributed by atoms with Crippen molar-refractivity contribution in [1.29, 1.82) is 0 Å². The van der Waals surface area contributed by atoms with Crippen LogP contribution in [0.3, 0.4) is 0 Å². The molecule has 130 valence electrons. The Morgan fingerprint density at radius 1 is 1.21 bits per heavy atom. The average molecular weight is 345 g/mol. The molecule has 1 saturated heterocycles. The van der Waals surface area contributed by atoms with E-state index in [0.29, 0.717) is 12.1 Å². The summed E-state index contributed by atoms with van der Waals surface area (Å²) < 4.78 is 0. The number of aromatic nitrogens is 1. The summed E-state index contributed by atoms with van der Waals surface area (Å²) in [7, 11) is 1.97. The van der Waals surface area contributed by atoms with Gasteiger partial charge in [0.15, 0.2) is 0 Å². The first-order valence-corrected chi connectivity index (χ1v) is 9.55. The molecule has 0 spiro atoms. The minimum Gasteiger partial charge on any atom is -0.314 e. The zero-order chi connectivity index (χ0) is 17.1. The van der Waals surface area contributed by atoms with Gasteiger partial charge in [0.2, 0.25) is 0 Å². The number of piperazine rings is 1. The minimum atomic E-state index is 0.567. The average Bonchev–Trinajstić information content (AvgIpc) is 2.88. The second-order valence-electron chi connectivity index (χ2n) is 6.90. The summed E-state index contributed by atoms with van der Waals surface area (Å²) in [6.07, 6.45) is 0. The van der Waals surface area contributed by atoms with Crippen LogP contribution in [0.5, 0.6) is 0 Å². The fourth-order valence-corrected chi connectivity index (χ4v) is 4.51. The van der Waals surface area contributed by atoms with Gasteiger partial charge in [0, 0.05) is 38.3 Å². The number of hydrogen-bond donors (Lipinski definition) is 2. The number of nitrogens with one attached hydrogen (secondary N) is 2. The summed E-state index contributed by atoms with van der Waals surface area (Å²) in [5, 5.41) is 7.93. The number of rotatable bonds is 5. The maximum Gasteiger partial charge on any atom is 0.0904 e. The first kappa shape index (κ1) is 17.5. The molecule has 1 aliphatic heterocycles. The van der Waals surface area contributed by atoms with Crippen molar-refractivity contribution in [3.8, 4) is 10.4 Å². The Bertz CT molecular complexity index is 655. The molecule has 2 heterocycles. The zero-order valence-corrected chi connectivity index (χ0v) is 15.9. The highest BCUT2D eigenvalue weighted by molar-refractivity contribution is 7.15. The predicted molar refractivity (Wildman–Crippen MR) is 102 cm³/mol. The fourth-order valence-electron chi connectivity index (χ4n) is 3.57. The van der Waals surface area contributed by atoms with Gasteiger partial charge in [-0.25, -0.2) is 4.98 Å². The Kier molecular flexibility index (Phi) is 5.66. The SMILES string of the molecule is CNCc1nc(C)sc1-c1ccc(CN2C[C@@H](C)N[C@@H](C)C2)cc1. The lowest BCUT2D eigenvalue weighted by atomic mass is 10.1. The van der Waals surface area contributed by atoms with Gasteiger partial charge in [-0.05, 0) is 38.9 Å². The molecule has 0 saturated carbocycles. The van der Waals surface area contributed by atoms with Crippen molar-refractivity contribution in [3.63, 3.8) is 0 Å². The van der Waals surface area contributed by atoms with Crippen LogP contribution < -0.4 is 10.6 Å². The Hall–Kier alpha value is -1.27. The van der Waals surface area contributed by atoms with E-state index in [1.165, 1.54) is 16.0 Å². The van der Waals surface area contributed by atoms with Crippen LogP contribution in [-0.2, 0) is 13.1 Å². The molecule has 2 N–H and O–H groups in total. The number of aryl methyl sites for hydroxylation is 1. The van der Waals surface area contributed by atoms with Crippen LogP contribution in [-0.4, -0.2) is 42.1 Å². The monoisotopic (exact) mass is 344 g/mol. The second kappa shape index (κ2) is 7.74. The van der Waals surface area contributed by atoms with Crippen molar-refractivity contribution in [2.45, 2.75) is 45.9 Å². The van der Waals surface area contributed by atoms with E-state index in [2.05, 4.69) is 65.6 Å². The summed E-state index contributed by atoms with van der Waals surface area (Å²) in [6.45, 7) is 10.7. The van der Waals surface area contributed by atoms with Crippen molar-refractivity contribution in [3.05, 3.63) is 40.5 Å². The third-order valence-electron chi connectivity index (χ3n) is 4.40. The van der Waals surface area contributed by atoms with Gasteiger partial charge < -0.3 is 10.6 Å². The van der Waals surface area contributed by atoms with Crippen molar-refractivity contribution >= 4 is 11.3 Å². The van der Waals surface area contributed by atoms with Gasteiger partial charge in [-0.15, -0.1) is 11.3 Å². The van der Waals surface area contributed by atoms with E-state index in [9.17, 15) is 0 Å². The lowest BCUT2D eigenvalue weighted by Gasteiger charge is -2.36. The molecular formula is C19H28N4S. The molecule has 0 aliphatic carbocycles. The number of thiazole rings is 1. The maximum atomic E-state index is 4.65. The molecule has 0 amide bonds. The molecule has 2 aromatic rings. The Balaban J connectivity index is 1.71. The zero-order valence-electron chi connectivity index (χ0n) is 15.1. The number of benzene rings is 1. The van der Waals surface area contributed by atoms with Crippen LogP contribution in [0.15, 0.2) is 24.3 Å². The summed E-state index contributed by atoms with van der Waals surface area (Å²) in [5.74, 6) is 0. The van der Waals surface area contributed by atoms with Gasteiger partial charge in [-0.1, -0.05) is 24.3 Å². The van der Waals surface area contributed by atoms with Gasteiger partial charge in [0.1, 0.15) is 0 Å². The molecular weight excluding hydrogens is 316 g/mol. The van der Waals surface area contributed by atoms with E-state index in [4.69, 9.17) is 0 Å². The fraction of sp³-hybridized carbons (Fsp3) is 0.526. The van der Waals surface area contributed by atoms with Crippen LogP contribution in [0.4, 0.5) is 0 Å². The van der Waals surface area contributed by atoms with Gasteiger partial charge in [0.25, 0.3) is 0 Å². The molecule has 1 fully saturated rings. The van der Waals surface area contributed by atoms with Crippen molar-refractivity contribution in [1.82, 2.24) is 20.5 Å². The van der Waals surface area contributed by atoms with Crippen LogP contribution in [0, 0.1) is 6.92 Å². The molecule has 0 bridgehead atoms. The Morgan fingerprint density at radius 3 is 2.50 bits per heavy atom. The Labute approximate surface area is 149 Å². The van der Waals surface area contributed by atoms with Crippen molar-refractivity contribution < 1.29 is 0 Å². The first-order valence-electron chi connectivity index (χ1n) is 8.73. The molecule has 24 heavy (non-hydrogen) atoms. The van der Waals surface area contributed by atoms with Crippen LogP contribution in [0.2, 0.25) is 0 Å². The van der Waals surface area contributed by atoms with Gasteiger partial charge >= 0.3 is 0 Å². The summed E-state index contributed by atoms with van der Waals surface area (Å²) in [5.41, 5.74) is 3.81. The predicted octanol–water partition coefficient (Wildman–Crippen LogP) is 3.02. The van der Waals surface area contributed by atoms with Crippen LogP contribution in [0.25, 0.3) is 10.4 Å². The second-order valence-corrected chi connectivity index (χ2v) is 8.10. The molecule has 2 atom stereocenters. The van der Waals surface area contributed by atoms with E-state index >= 15 is 0 Å². The largest absolute Gasteiger partial charge is 0.314 e. The molecule has 1 aromatic carbocycles. The smallest absolute Gasteiger partial charge is 0.0904 e. The lowest BCUT2D eigenvalue weighted by Crippen LogP contribution is -2.53. The first-order chi connectivity index (χ1) is 11.5. The molecule has 1 aromatic heterocycles. The lowest BCUT2D eigenvalue weighted by molar-refractivity contribution is 0.166. The number of nitrogens with zero attached hydrogens (tertiary/aromatic N) is 2. The van der Waals surface area contributed by atoms with Crippen LogP contribution >= 0.6 is 11.3 Å². The molecule has 5 heteroatoms. The van der Waals surface area contributed by atoms with E-state index in [1.807, 2.05) is 7.05 Å². The molecule has 4 nitrogen and oxygen atoms in total. The van der Waals surface area contributed by atoms with Crippen LogP contribution in [0.1, 0.15) is 30.1 Å². The van der Waals surface area contributed by atoms with Crippen molar-refractivity contribution in [2.75, 3.05) is 20.1 Å². The molecule has 1 aliphatic rings. The third-order valence-corrected chi connectivity index (χ3v) is 5.47.